The number of nitrogens with zero attached hydrogens (tertiary/aromatic N) is 3. The zero-order valence-corrected chi connectivity index (χ0v) is 16.6. The molecule has 0 aliphatic carbocycles. The normalized spacial score (nSPS) is 17.0. The number of amides is 1. The summed E-state index contributed by atoms with van der Waals surface area (Å²) in [7, 11) is 0. The summed E-state index contributed by atoms with van der Waals surface area (Å²) in [5, 5.41) is 13.9. The Kier molecular flexibility index (Phi) is 6.14. The maximum atomic E-state index is 12.6. The molecule has 1 atom stereocenters. The summed E-state index contributed by atoms with van der Waals surface area (Å²) in [5.74, 6) is -1.17. The first-order chi connectivity index (χ1) is 13.4. The molecular formula is C21H27N3O4. The fourth-order valence-corrected chi connectivity index (χ4v) is 3.60. The summed E-state index contributed by atoms with van der Waals surface area (Å²) in [6.07, 6.45) is 0.815. The van der Waals surface area contributed by atoms with E-state index < -0.39 is 12.0 Å². The Morgan fingerprint density at radius 2 is 1.93 bits per heavy atom. The first-order valence-corrected chi connectivity index (χ1v) is 9.55. The Morgan fingerprint density at radius 1 is 1.21 bits per heavy atom. The van der Waals surface area contributed by atoms with Gasteiger partial charge in [-0.3, -0.25) is 9.48 Å². The molecule has 3 rings (SSSR count). The van der Waals surface area contributed by atoms with Crippen molar-refractivity contribution < 1.29 is 19.4 Å². The van der Waals surface area contributed by atoms with Crippen molar-refractivity contribution in [3.8, 4) is 0 Å². The van der Waals surface area contributed by atoms with Crippen LogP contribution in [0.25, 0.3) is 0 Å². The zero-order chi connectivity index (χ0) is 20.3. The van der Waals surface area contributed by atoms with Crippen LogP contribution in [0.2, 0.25) is 0 Å². The number of hydrogen-bond donors (Lipinski definition) is 1. The SMILES string of the molecule is Cc1ccc(Cn2nc(C)c(CCC(=O)N3CCOCC3C(=O)O)c2C)cc1. The van der Waals surface area contributed by atoms with Crippen LogP contribution in [-0.4, -0.2) is 57.5 Å². The molecule has 1 aromatic heterocycles. The molecule has 0 saturated carbocycles. The Labute approximate surface area is 164 Å². The second-order valence-electron chi connectivity index (χ2n) is 7.31. The minimum Gasteiger partial charge on any atom is -0.480 e. The van der Waals surface area contributed by atoms with Crippen LogP contribution in [0.1, 0.15) is 34.5 Å². The van der Waals surface area contributed by atoms with Gasteiger partial charge in [0.15, 0.2) is 6.04 Å². The van der Waals surface area contributed by atoms with Crippen LogP contribution in [-0.2, 0) is 27.3 Å². The molecule has 150 valence electrons. The van der Waals surface area contributed by atoms with E-state index in [9.17, 15) is 14.7 Å². The number of morpholine rings is 1. The highest BCUT2D eigenvalue weighted by Crippen LogP contribution is 2.18. The van der Waals surface area contributed by atoms with Crippen molar-refractivity contribution >= 4 is 11.9 Å². The monoisotopic (exact) mass is 385 g/mol. The van der Waals surface area contributed by atoms with E-state index in [1.54, 1.807) is 0 Å². The van der Waals surface area contributed by atoms with Gasteiger partial charge in [-0.1, -0.05) is 29.8 Å². The molecule has 1 amide bonds. The quantitative estimate of drug-likeness (QED) is 0.823. The van der Waals surface area contributed by atoms with Gasteiger partial charge in [0, 0.05) is 18.7 Å². The van der Waals surface area contributed by atoms with Crippen LogP contribution in [0, 0.1) is 20.8 Å². The summed E-state index contributed by atoms with van der Waals surface area (Å²) in [5.41, 5.74) is 5.41. The number of carboxylic acids is 1. The zero-order valence-electron chi connectivity index (χ0n) is 16.6. The van der Waals surface area contributed by atoms with Gasteiger partial charge in [0.2, 0.25) is 5.91 Å². The number of carboxylic acid groups (broad SMARTS) is 1. The van der Waals surface area contributed by atoms with Crippen LogP contribution in [0.3, 0.4) is 0 Å². The molecule has 1 N–H and O–H groups in total. The summed E-state index contributed by atoms with van der Waals surface area (Å²) in [6.45, 7) is 7.46. The lowest BCUT2D eigenvalue weighted by molar-refractivity contribution is -0.158. The van der Waals surface area contributed by atoms with Crippen LogP contribution in [0.15, 0.2) is 24.3 Å². The molecule has 1 unspecified atom stereocenters. The average molecular weight is 385 g/mol. The molecule has 28 heavy (non-hydrogen) atoms. The lowest BCUT2D eigenvalue weighted by Gasteiger charge is -2.32. The number of aliphatic carboxylic acids is 1. The fraction of sp³-hybridized carbons (Fsp3) is 0.476. The molecule has 1 aliphatic heterocycles. The van der Waals surface area contributed by atoms with Gasteiger partial charge in [0.05, 0.1) is 25.5 Å². The first kappa shape index (κ1) is 20.1. The Bertz CT molecular complexity index is 857. The number of rotatable bonds is 6. The maximum Gasteiger partial charge on any atom is 0.328 e. The van der Waals surface area contributed by atoms with Crippen molar-refractivity contribution in [1.82, 2.24) is 14.7 Å². The molecule has 7 heteroatoms. The van der Waals surface area contributed by atoms with Gasteiger partial charge in [0.1, 0.15) is 0 Å². The van der Waals surface area contributed by atoms with E-state index in [1.165, 1.54) is 16.0 Å². The third-order valence-electron chi connectivity index (χ3n) is 5.31. The molecule has 0 radical (unpaired) electrons. The van der Waals surface area contributed by atoms with E-state index in [0.29, 0.717) is 26.1 Å². The summed E-state index contributed by atoms with van der Waals surface area (Å²) < 4.78 is 7.17. The second kappa shape index (κ2) is 8.56. The molecule has 2 aromatic rings. The minimum atomic E-state index is -1.02. The lowest BCUT2D eigenvalue weighted by atomic mass is 10.1. The number of aryl methyl sites for hydroxylation is 2. The first-order valence-electron chi connectivity index (χ1n) is 9.55. The van der Waals surface area contributed by atoms with Crippen molar-refractivity contribution in [3.05, 3.63) is 52.3 Å². The molecule has 1 aliphatic rings. The van der Waals surface area contributed by atoms with E-state index in [4.69, 9.17) is 4.74 Å². The minimum absolute atomic E-state index is 0.0492. The third kappa shape index (κ3) is 4.42. The van der Waals surface area contributed by atoms with E-state index in [0.717, 1.165) is 17.0 Å². The van der Waals surface area contributed by atoms with Crippen LogP contribution in [0.5, 0.6) is 0 Å². The fourth-order valence-electron chi connectivity index (χ4n) is 3.60. The van der Waals surface area contributed by atoms with Gasteiger partial charge in [-0.25, -0.2) is 4.79 Å². The smallest absolute Gasteiger partial charge is 0.328 e. The average Bonchev–Trinajstić information content (AvgIpc) is 2.94. The van der Waals surface area contributed by atoms with Crippen molar-refractivity contribution in [2.75, 3.05) is 19.8 Å². The number of carbonyl (C=O) groups excluding carboxylic acids is 1. The molecule has 0 spiro atoms. The predicted molar refractivity (Wildman–Crippen MR) is 104 cm³/mol. The number of hydrogen-bond acceptors (Lipinski definition) is 4. The molecule has 0 bridgehead atoms. The van der Waals surface area contributed by atoms with Crippen LogP contribution < -0.4 is 0 Å². The highest BCUT2D eigenvalue weighted by molar-refractivity contribution is 5.84. The van der Waals surface area contributed by atoms with Gasteiger partial charge in [-0.2, -0.15) is 5.10 Å². The van der Waals surface area contributed by atoms with E-state index in [-0.39, 0.29) is 18.9 Å². The summed E-state index contributed by atoms with van der Waals surface area (Å²) >= 11 is 0. The van der Waals surface area contributed by atoms with E-state index in [2.05, 4.69) is 36.3 Å². The highest BCUT2D eigenvalue weighted by atomic mass is 16.5. The van der Waals surface area contributed by atoms with Gasteiger partial charge in [-0.05, 0) is 38.3 Å². The number of carbonyl (C=O) groups is 2. The van der Waals surface area contributed by atoms with Crippen molar-refractivity contribution in [2.24, 2.45) is 0 Å². The lowest BCUT2D eigenvalue weighted by Crippen LogP contribution is -2.52. The summed E-state index contributed by atoms with van der Waals surface area (Å²) in [4.78, 5) is 25.4. The standard InChI is InChI=1S/C21H27N3O4/c1-14-4-6-17(7-5-14)12-24-16(3)18(15(2)22-24)8-9-20(25)23-10-11-28-13-19(23)21(26)27/h4-7,19H,8-13H2,1-3H3,(H,26,27). The third-order valence-corrected chi connectivity index (χ3v) is 5.31. The number of benzene rings is 1. The Hall–Kier alpha value is -2.67. The Morgan fingerprint density at radius 3 is 2.61 bits per heavy atom. The number of ether oxygens (including phenoxy) is 1. The van der Waals surface area contributed by atoms with Gasteiger partial charge >= 0.3 is 5.97 Å². The van der Waals surface area contributed by atoms with Crippen molar-refractivity contribution in [1.29, 1.82) is 0 Å². The topological polar surface area (TPSA) is 84.7 Å². The van der Waals surface area contributed by atoms with Gasteiger partial charge < -0.3 is 14.7 Å². The van der Waals surface area contributed by atoms with Crippen molar-refractivity contribution in [3.63, 3.8) is 0 Å². The summed E-state index contributed by atoms with van der Waals surface area (Å²) in [6, 6.07) is 7.47. The molecule has 2 heterocycles. The predicted octanol–water partition coefficient (Wildman–Crippen LogP) is 2.10. The molecule has 7 nitrogen and oxygen atoms in total. The number of aromatic nitrogens is 2. The molecule has 1 saturated heterocycles. The van der Waals surface area contributed by atoms with E-state index in [1.807, 2.05) is 18.5 Å². The molecule has 1 fully saturated rings. The largest absolute Gasteiger partial charge is 0.480 e. The second-order valence-corrected chi connectivity index (χ2v) is 7.31. The van der Waals surface area contributed by atoms with Crippen LogP contribution >= 0.6 is 0 Å². The van der Waals surface area contributed by atoms with Gasteiger partial charge in [0.25, 0.3) is 0 Å². The highest BCUT2D eigenvalue weighted by Gasteiger charge is 2.32. The maximum absolute atomic E-state index is 12.6. The Balaban J connectivity index is 1.67. The van der Waals surface area contributed by atoms with Gasteiger partial charge in [-0.15, -0.1) is 0 Å². The van der Waals surface area contributed by atoms with E-state index >= 15 is 0 Å². The molecule has 1 aromatic carbocycles. The molecular weight excluding hydrogens is 358 g/mol. The van der Waals surface area contributed by atoms with Crippen LogP contribution in [0.4, 0.5) is 0 Å². The van der Waals surface area contributed by atoms with Crippen molar-refractivity contribution in [2.45, 2.75) is 46.2 Å².